The number of hydrogen-bond donors (Lipinski definition) is 0. The van der Waals surface area contributed by atoms with Crippen molar-refractivity contribution in [3.8, 4) is 0 Å². The summed E-state index contributed by atoms with van der Waals surface area (Å²) < 4.78 is 21.7. The highest BCUT2D eigenvalue weighted by Crippen LogP contribution is 2.80. The summed E-state index contributed by atoms with van der Waals surface area (Å²) in [6.45, 7) is 7.80. The van der Waals surface area contributed by atoms with E-state index < -0.39 is 40.0 Å². The van der Waals surface area contributed by atoms with E-state index in [-0.39, 0.29) is 41.2 Å². The Morgan fingerprint density at radius 2 is 1.59 bits per heavy atom. The van der Waals surface area contributed by atoms with Gasteiger partial charge in [-0.1, -0.05) is 44.6 Å². The highest BCUT2D eigenvalue weighted by molar-refractivity contribution is 5.87. The molecule has 0 aromatic heterocycles. The fourth-order valence-corrected chi connectivity index (χ4v) is 10.3. The van der Waals surface area contributed by atoms with E-state index in [9.17, 15) is 19.2 Å². The van der Waals surface area contributed by atoms with Gasteiger partial charge >= 0.3 is 23.9 Å². The van der Waals surface area contributed by atoms with E-state index >= 15 is 0 Å². The third-order valence-corrected chi connectivity index (χ3v) is 11.8. The molecule has 6 aliphatic carbocycles. The molecule has 0 aliphatic heterocycles. The minimum absolute atomic E-state index is 0.0240. The van der Waals surface area contributed by atoms with E-state index in [4.69, 9.17) is 18.9 Å². The first-order valence-corrected chi connectivity index (χ1v) is 14.2. The third-order valence-electron chi connectivity index (χ3n) is 11.8. The fraction of sp³-hybridized carbons (Fsp3) is 0.742. The number of carbonyl (C=O) groups excluding carboxylic acids is 4. The van der Waals surface area contributed by atoms with Gasteiger partial charge in [-0.3, -0.25) is 19.2 Å². The van der Waals surface area contributed by atoms with Gasteiger partial charge in [-0.05, 0) is 61.2 Å². The maximum atomic E-state index is 13.9. The molecule has 0 aromatic carbocycles. The van der Waals surface area contributed by atoms with Gasteiger partial charge in [-0.15, -0.1) is 0 Å². The lowest BCUT2D eigenvalue weighted by Crippen LogP contribution is -2.71. The van der Waals surface area contributed by atoms with Crippen molar-refractivity contribution in [3.63, 3.8) is 0 Å². The summed E-state index contributed by atoms with van der Waals surface area (Å²) in [5, 5.41) is 0. The smallest absolute Gasteiger partial charge is 0.310 e. The number of hydrogen-bond acceptors (Lipinski definition) is 8. The molecule has 0 unspecified atom stereocenters. The molecule has 2 bridgehead atoms. The number of carbonyl (C=O) groups is 4. The lowest BCUT2D eigenvalue weighted by Gasteiger charge is -2.72. The molecule has 10 atom stereocenters. The normalized spacial score (nSPS) is 44.2. The van der Waals surface area contributed by atoms with Crippen LogP contribution in [0.25, 0.3) is 0 Å². The fourth-order valence-electron chi connectivity index (χ4n) is 10.3. The largest absolute Gasteiger partial charge is 0.469 e. The van der Waals surface area contributed by atoms with E-state index in [1.165, 1.54) is 33.8 Å². The van der Waals surface area contributed by atoms with Gasteiger partial charge in [0, 0.05) is 17.8 Å². The summed E-state index contributed by atoms with van der Waals surface area (Å²) in [5.74, 6) is -3.20. The van der Waals surface area contributed by atoms with Crippen LogP contribution in [0.5, 0.6) is 0 Å². The van der Waals surface area contributed by atoms with Crippen molar-refractivity contribution in [2.24, 2.45) is 51.2 Å². The first-order valence-electron chi connectivity index (χ1n) is 14.2. The molecule has 0 amide bonds. The molecule has 3 fully saturated rings. The zero-order chi connectivity index (χ0) is 28.5. The summed E-state index contributed by atoms with van der Waals surface area (Å²) in [4.78, 5) is 52.3. The molecule has 0 aromatic rings. The van der Waals surface area contributed by atoms with Crippen molar-refractivity contribution in [1.82, 2.24) is 0 Å². The number of fused-ring (bicyclic) bond motifs is 2. The van der Waals surface area contributed by atoms with E-state index in [1.807, 2.05) is 6.92 Å². The molecule has 39 heavy (non-hydrogen) atoms. The number of esters is 4. The zero-order valence-corrected chi connectivity index (χ0v) is 24.2. The van der Waals surface area contributed by atoms with Crippen LogP contribution in [0.1, 0.15) is 66.2 Å². The standard InChI is InChI=1S/C31H42O8/c1-17(25(33)36-5)20-8-9-21-28(20,3)12-11-22-29(4)13-10-19(39-18(2)32)16-30(29)14-15-31(21,22)24(27(35)38-7)23(30)26(34)37-6/h11,14-15,17,19-21,23-24H,8-10,12-13,16H2,1-7H3/t17-,19-,20+,21-,23-,24+,28-,29-,30-,31-/m1/s1. The summed E-state index contributed by atoms with van der Waals surface area (Å²) in [6, 6.07) is 0. The van der Waals surface area contributed by atoms with Crippen molar-refractivity contribution < 1.29 is 38.1 Å². The van der Waals surface area contributed by atoms with Crippen LogP contribution in [0.15, 0.2) is 23.8 Å². The molecular formula is C31H42O8. The summed E-state index contributed by atoms with van der Waals surface area (Å²) in [5.41, 5.74) is -1.03. The molecule has 0 radical (unpaired) electrons. The Bertz CT molecular complexity index is 1160. The third kappa shape index (κ3) is 3.41. The SMILES string of the molecule is COC(=O)[C@@H]1[C@H](C(=O)OC)[C@]23C=C[C@@]14C(=CC[C@@]1(C)[C@H]4CC[C@H]1[C@@H](C)C(=O)OC)[C@@]2(C)CC[C@@H](OC(C)=O)C3. The Hall–Kier alpha value is -2.64. The van der Waals surface area contributed by atoms with Crippen LogP contribution in [0.4, 0.5) is 0 Å². The lowest BCUT2D eigenvalue weighted by atomic mass is 9.30. The molecule has 2 spiro atoms. The highest BCUT2D eigenvalue weighted by Gasteiger charge is 2.78. The Labute approximate surface area is 230 Å². The van der Waals surface area contributed by atoms with Crippen LogP contribution in [0.2, 0.25) is 0 Å². The molecule has 0 heterocycles. The van der Waals surface area contributed by atoms with E-state index in [2.05, 4.69) is 32.1 Å². The van der Waals surface area contributed by atoms with Crippen molar-refractivity contribution in [2.75, 3.05) is 21.3 Å². The van der Waals surface area contributed by atoms with Gasteiger partial charge in [0.15, 0.2) is 0 Å². The minimum Gasteiger partial charge on any atom is -0.469 e. The van der Waals surface area contributed by atoms with Crippen LogP contribution in [0, 0.1) is 51.2 Å². The van der Waals surface area contributed by atoms with E-state index in [0.717, 1.165) is 25.7 Å². The summed E-state index contributed by atoms with van der Waals surface area (Å²) in [7, 11) is 4.17. The van der Waals surface area contributed by atoms with Crippen LogP contribution >= 0.6 is 0 Å². The number of rotatable bonds is 5. The quantitative estimate of drug-likeness (QED) is 0.286. The van der Waals surface area contributed by atoms with Gasteiger partial charge in [0.05, 0.1) is 39.1 Å². The van der Waals surface area contributed by atoms with Gasteiger partial charge in [0.1, 0.15) is 6.10 Å². The lowest BCUT2D eigenvalue weighted by molar-refractivity contribution is -0.201. The van der Waals surface area contributed by atoms with E-state index in [1.54, 1.807) is 0 Å². The molecule has 6 rings (SSSR count). The average Bonchev–Trinajstić information content (AvgIpc) is 3.27. The molecule has 0 saturated heterocycles. The summed E-state index contributed by atoms with van der Waals surface area (Å²) >= 11 is 0. The first-order chi connectivity index (χ1) is 18.4. The van der Waals surface area contributed by atoms with Crippen LogP contribution in [-0.4, -0.2) is 51.3 Å². The number of methoxy groups -OCH3 is 3. The Balaban J connectivity index is 1.74. The first kappa shape index (κ1) is 27.9. The average molecular weight is 543 g/mol. The van der Waals surface area contributed by atoms with Gasteiger partial charge in [-0.2, -0.15) is 0 Å². The number of ether oxygens (including phenoxy) is 4. The second-order valence-corrected chi connectivity index (χ2v) is 13.0. The van der Waals surface area contributed by atoms with Crippen LogP contribution in [0.3, 0.4) is 0 Å². The number of allylic oxidation sites excluding steroid dienone is 4. The molecule has 8 heteroatoms. The molecule has 6 aliphatic rings. The highest BCUT2D eigenvalue weighted by atomic mass is 16.5. The summed E-state index contributed by atoms with van der Waals surface area (Å²) in [6.07, 6.45) is 10.6. The van der Waals surface area contributed by atoms with Crippen LogP contribution < -0.4 is 0 Å². The van der Waals surface area contributed by atoms with Gasteiger partial charge in [0.2, 0.25) is 0 Å². The molecule has 3 saturated carbocycles. The Kier molecular flexibility index (Phi) is 6.58. The molecule has 214 valence electrons. The molecular weight excluding hydrogens is 500 g/mol. The van der Waals surface area contributed by atoms with Crippen molar-refractivity contribution >= 4 is 23.9 Å². The molecule has 8 nitrogen and oxygen atoms in total. The maximum Gasteiger partial charge on any atom is 0.310 e. The Morgan fingerprint density at radius 3 is 2.21 bits per heavy atom. The van der Waals surface area contributed by atoms with Crippen molar-refractivity contribution in [2.45, 2.75) is 72.3 Å². The monoisotopic (exact) mass is 542 g/mol. The van der Waals surface area contributed by atoms with Gasteiger partial charge in [0.25, 0.3) is 0 Å². The van der Waals surface area contributed by atoms with Crippen molar-refractivity contribution in [1.29, 1.82) is 0 Å². The molecule has 0 N–H and O–H groups in total. The van der Waals surface area contributed by atoms with Crippen LogP contribution in [-0.2, 0) is 38.1 Å². The minimum atomic E-state index is -0.792. The maximum absolute atomic E-state index is 13.9. The van der Waals surface area contributed by atoms with Crippen molar-refractivity contribution in [3.05, 3.63) is 23.8 Å². The van der Waals surface area contributed by atoms with E-state index in [0.29, 0.717) is 12.8 Å². The predicted octanol–water partition coefficient (Wildman–Crippen LogP) is 4.41. The topological polar surface area (TPSA) is 105 Å². The second kappa shape index (κ2) is 9.20. The van der Waals surface area contributed by atoms with Gasteiger partial charge in [-0.25, -0.2) is 0 Å². The second-order valence-electron chi connectivity index (χ2n) is 13.0. The predicted molar refractivity (Wildman–Crippen MR) is 141 cm³/mol. The Morgan fingerprint density at radius 1 is 0.923 bits per heavy atom. The zero-order valence-electron chi connectivity index (χ0n) is 24.2. The van der Waals surface area contributed by atoms with Gasteiger partial charge < -0.3 is 18.9 Å².